The minimum absolute atomic E-state index is 0.120. The summed E-state index contributed by atoms with van der Waals surface area (Å²) in [7, 11) is 0. The number of carbonyl (C=O) groups is 1. The van der Waals surface area contributed by atoms with Crippen LogP contribution in [0.15, 0.2) is 18.3 Å². The molecule has 1 aromatic rings. The van der Waals surface area contributed by atoms with E-state index in [1.807, 2.05) is 13.0 Å². The zero-order chi connectivity index (χ0) is 13.7. The second-order valence-electron chi connectivity index (χ2n) is 4.76. The van der Waals surface area contributed by atoms with Crippen LogP contribution in [0.5, 0.6) is 0 Å². The molecule has 0 aromatic carbocycles. The van der Waals surface area contributed by atoms with Crippen LogP contribution in [0.25, 0.3) is 0 Å². The van der Waals surface area contributed by atoms with E-state index >= 15 is 0 Å². The molecule has 0 unspecified atom stereocenters. The molecule has 1 saturated carbocycles. The van der Waals surface area contributed by atoms with E-state index in [-0.39, 0.29) is 12.5 Å². The second kappa shape index (κ2) is 6.52. The largest absolute Gasteiger partial charge is 0.395 e. The quantitative estimate of drug-likeness (QED) is 0.809. The lowest BCUT2D eigenvalue weighted by Crippen LogP contribution is -2.42. The Morgan fingerprint density at radius 2 is 2.37 bits per heavy atom. The van der Waals surface area contributed by atoms with Crippen LogP contribution in [-0.2, 0) is 0 Å². The van der Waals surface area contributed by atoms with Gasteiger partial charge in [-0.05, 0) is 38.3 Å². The molecule has 1 aliphatic rings. The van der Waals surface area contributed by atoms with E-state index in [2.05, 4.69) is 15.2 Å². The zero-order valence-corrected chi connectivity index (χ0v) is 11.3. The Bertz CT molecular complexity index is 432. The molecule has 1 aromatic heterocycles. The average Bonchev–Trinajstić information content (AvgIpc) is 2.37. The molecule has 1 amide bonds. The third kappa shape index (κ3) is 3.23. The third-order valence-electron chi connectivity index (χ3n) is 3.50. The highest BCUT2D eigenvalue weighted by molar-refractivity contribution is 5.93. The van der Waals surface area contributed by atoms with Crippen molar-refractivity contribution in [1.29, 1.82) is 0 Å². The number of hydrogen-bond acceptors (Lipinski definition) is 4. The van der Waals surface area contributed by atoms with E-state index in [1.165, 1.54) is 6.42 Å². The van der Waals surface area contributed by atoms with Crippen molar-refractivity contribution in [1.82, 2.24) is 10.3 Å². The number of carbonyl (C=O) groups excluding carboxylic acids is 1. The van der Waals surface area contributed by atoms with Crippen molar-refractivity contribution in [2.75, 3.05) is 24.6 Å². The summed E-state index contributed by atoms with van der Waals surface area (Å²) in [4.78, 5) is 18.1. The van der Waals surface area contributed by atoms with Gasteiger partial charge in [-0.15, -0.1) is 0 Å². The summed E-state index contributed by atoms with van der Waals surface area (Å²) >= 11 is 0. The van der Waals surface area contributed by atoms with Gasteiger partial charge in [0.1, 0.15) is 5.69 Å². The summed E-state index contributed by atoms with van der Waals surface area (Å²) in [6.45, 7) is 3.20. The van der Waals surface area contributed by atoms with Gasteiger partial charge in [0.25, 0.3) is 5.91 Å². The maximum absolute atomic E-state index is 11.8. The van der Waals surface area contributed by atoms with Gasteiger partial charge >= 0.3 is 0 Å². The predicted octanol–water partition coefficient (Wildman–Crippen LogP) is 1.18. The van der Waals surface area contributed by atoms with Crippen molar-refractivity contribution < 1.29 is 9.90 Å². The lowest BCUT2D eigenvalue weighted by molar-refractivity contribution is 0.0951. The van der Waals surface area contributed by atoms with E-state index in [0.29, 0.717) is 24.8 Å². The van der Waals surface area contributed by atoms with Crippen LogP contribution in [0, 0.1) is 0 Å². The molecular weight excluding hydrogens is 242 g/mol. The molecule has 0 bridgehead atoms. The van der Waals surface area contributed by atoms with Crippen molar-refractivity contribution in [3.63, 3.8) is 0 Å². The summed E-state index contributed by atoms with van der Waals surface area (Å²) in [6.07, 6.45) is 5.20. The number of rotatable bonds is 6. The first-order valence-corrected chi connectivity index (χ1v) is 6.88. The van der Waals surface area contributed by atoms with E-state index in [9.17, 15) is 9.90 Å². The van der Waals surface area contributed by atoms with Gasteiger partial charge in [-0.25, -0.2) is 0 Å². The molecule has 0 aliphatic heterocycles. The summed E-state index contributed by atoms with van der Waals surface area (Å²) < 4.78 is 0. The van der Waals surface area contributed by atoms with Crippen LogP contribution < -0.4 is 10.2 Å². The zero-order valence-electron chi connectivity index (χ0n) is 11.3. The fraction of sp³-hybridized carbons (Fsp3) is 0.571. The van der Waals surface area contributed by atoms with Crippen LogP contribution >= 0.6 is 0 Å². The lowest BCUT2D eigenvalue weighted by Gasteiger charge is -2.39. The van der Waals surface area contributed by atoms with Gasteiger partial charge in [0.05, 0.1) is 6.61 Å². The van der Waals surface area contributed by atoms with Gasteiger partial charge in [0, 0.05) is 31.0 Å². The van der Waals surface area contributed by atoms with Gasteiger partial charge in [0.15, 0.2) is 0 Å². The molecule has 1 aliphatic carbocycles. The molecule has 0 radical (unpaired) electrons. The number of hydrogen-bond donors (Lipinski definition) is 2. The van der Waals surface area contributed by atoms with Crippen LogP contribution in [0.3, 0.4) is 0 Å². The van der Waals surface area contributed by atoms with Crippen LogP contribution in [0.2, 0.25) is 0 Å². The Balaban J connectivity index is 2.17. The summed E-state index contributed by atoms with van der Waals surface area (Å²) in [5.41, 5.74) is 1.40. The molecule has 2 N–H and O–H groups in total. The van der Waals surface area contributed by atoms with Crippen LogP contribution in [-0.4, -0.2) is 41.7 Å². The van der Waals surface area contributed by atoms with Gasteiger partial charge in [-0.3, -0.25) is 9.78 Å². The van der Waals surface area contributed by atoms with E-state index in [4.69, 9.17) is 0 Å². The number of pyridine rings is 1. The summed E-state index contributed by atoms with van der Waals surface area (Å²) in [5, 5.41) is 11.9. The first-order valence-electron chi connectivity index (χ1n) is 6.88. The van der Waals surface area contributed by atoms with Gasteiger partial charge in [0.2, 0.25) is 0 Å². The monoisotopic (exact) mass is 263 g/mol. The van der Waals surface area contributed by atoms with Gasteiger partial charge in [-0.2, -0.15) is 0 Å². The summed E-state index contributed by atoms with van der Waals surface area (Å²) in [6, 6.07) is 4.19. The third-order valence-corrected chi connectivity index (χ3v) is 3.50. The average molecular weight is 263 g/mol. The number of amides is 1. The van der Waals surface area contributed by atoms with Crippen LogP contribution in [0.1, 0.15) is 36.7 Å². The van der Waals surface area contributed by atoms with E-state index in [1.54, 1.807) is 12.3 Å². The number of nitrogens with one attached hydrogen (secondary N) is 1. The van der Waals surface area contributed by atoms with Crippen molar-refractivity contribution in [3.8, 4) is 0 Å². The topological polar surface area (TPSA) is 65.5 Å². The van der Waals surface area contributed by atoms with Crippen molar-refractivity contribution in [2.24, 2.45) is 0 Å². The molecule has 0 atom stereocenters. The smallest absolute Gasteiger partial charge is 0.269 e. The van der Waals surface area contributed by atoms with E-state index < -0.39 is 0 Å². The van der Waals surface area contributed by atoms with Gasteiger partial charge < -0.3 is 15.3 Å². The molecule has 104 valence electrons. The molecule has 5 nitrogen and oxygen atoms in total. The molecule has 0 spiro atoms. The normalized spacial score (nSPS) is 14.8. The highest BCUT2D eigenvalue weighted by Gasteiger charge is 2.25. The minimum Gasteiger partial charge on any atom is -0.395 e. The minimum atomic E-state index is -0.151. The highest BCUT2D eigenvalue weighted by Crippen LogP contribution is 2.29. The molecular formula is C14H21N3O2. The Kier molecular flexibility index (Phi) is 4.74. The van der Waals surface area contributed by atoms with Crippen LogP contribution in [0.4, 0.5) is 5.69 Å². The van der Waals surface area contributed by atoms with Gasteiger partial charge in [-0.1, -0.05) is 0 Å². The molecule has 1 heterocycles. The number of anilines is 1. The Morgan fingerprint density at radius 3 is 2.95 bits per heavy atom. The fourth-order valence-electron chi connectivity index (χ4n) is 2.30. The Labute approximate surface area is 113 Å². The molecule has 2 rings (SSSR count). The molecule has 1 fully saturated rings. The molecule has 0 saturated heterocycles. The standard InChI is InChI=1S/C14H21N3O2/c1-2-15-14(19)13-10-12(6-7-16-13)17(8-9-18)11-4-3-5-11/h6-7,10-11,18H,2-5,8-9H2,1H3,(H,15,19). The number of nitrogens with zero attached hydrogens (tertiary/aromatic N) is 2. The van der Waals surface area contributed by atoms with Crippen molar-refractivity contribution in [3.05, 3.63) is 24.0 Å². The maximum Gasteiger partial charge on any atom is 0.269 e. The number of aliphatic hydroxyl groups is 1. The molecule has 5 heteroatoms. The predicted molar refractivity (Wildman–Crippen MR) is 74.3 cm³/mol. The maximum atomic E-state index is 11.8. The fourth-order valence-corrected chi connectivity index (χ4v) is 2.30. The molecule has 19 heavy (non-hydrogen) atoms. The Morgan fingerprint density at radius 1 is 1.58 bits per heavy atom. The Hall–Kier alpha value is -1.62. The lowest BCUT2D eigenvalue weighted by atomic mass is 9.91. The number of aliphatic hydroxyl groups excluding tert-OH is 1. The van der Waals surface area contributed by atoms with E-state index in [0.717, 1.165) is 18.5 Å². The number of aromatic nitrogens is 1. The van der Waals surface area contributed by atoms with Crippen molar-refractivity contribution >= 4 is 11.6 Å². The highest BCUT2D eigenvalue weighted by atomic mass is 16.3. The second-order valence-corrected chi connectivity index (χ2v) is 4.76. The first-order chi connectivity index (χ1) is 9.26. The summed E-state index contributed by atoms with van der Waals surface area (Å²) in [5.74, 6) is -0.151. The first kappa shape index (κ1) is 13.8. The van der Waals surface area contributed by atoms with Crippen molar-refractivity contribution in [2.45, 2.75) is 32.2 Å². The SMILES string of the molecule is CCNC(=O)c1cc(N(CCO)C2CCC2)ccn1.